The van der Waals surface area contributed by atoms with E-state index in [2.05, 4.69) is 20.1 Å². The van der Waals surface area contributed by atoms with Crippen molar-refractivity contribution in [1.82, 2.24) is 0 Å². The summed E-state index contributed by atoms with van der Waals surface area (Å²) in [7, 11) is 0. The third-order valence-electron chi connectivity index (χ3n) is 5.14. The minimum atomic E-state index is -0.291. The number of benzene rings is 2. The highest BCUT2D eigenvalue weighted by Gasteiger charge is 2.36. The zero-order chi connectivity index (χ0) is 21.1. The maximum absolute atomic E-state index is 12.1. The first-order valence-corrected chi connectivity index (χ1v) is 10.0. The lowest BCUT2D eigenvalue weighted by molar-refractivity contribution is -0.154. The molecule has 1 fully saturated rings. The first-order valence-electron chi connectivity index (χ1n) is 10.0. The Labute approximate surface area is 174 Å². The van der Waals surface area contributed by atoms with Crippen LogP contribution in [0.15, 0.2) is 79.4 Å². The number of ether oxygens (including phenoxy) is 1. The van der Waals surface area contributed by atoms with Gasteiger partial charge < -0.3 is 9.84 Å². The molecular formula is C26H30O3. The molecule has 0 atom stereocenters. The first kappa shape index (κ1) is 22.2. The van der Waals surface area contributed by atoms with Crippen LogP contribution in [0.1, 0.15) is 50.2 Å². The number of esters is 1. The fraction of sp³-hybridized carbons (Fsp3) is 0.269. The van der Waals surface area contributed by atoms with Crippen molar-refractivity contribution < 1.29 is 14.6 Å². The summed E-state index contributed by atoms with van der Waals surface area (Å²) in [5.74, 6) is 0.00142. The lowest BCUT2D eigenvalue weighted by Gasteiger charge is -2.27. The van der Waals surface area contributed by atoms with E-state index in [0.29, 0.717) is 11.3 Å². The van der Waals surface area contributed by atoms with Crippen molar-refractivity contribution in [2.75, 3.05) is 0 Å². The lowest BCUT2D eigenvalue weighted by atomic mass is 9.98. The van der Waals surface area contributed by atoms with Crippen LogP contribution in [-0.2, 0) is 9.53 Å². The number of phenolic OH excluding ortho intramolecular Hbond substituents is 1. The van der Waals surface area contributed by atoms with Crippen molar-refractivity contribution in [3.05, 3.63) is 90.5 Å². The molecule has 0 spiro atoms. The third kappa shape index (κ3) is 7.11. The second-order valence-electron chi connectivity index (χ2n) is 7.20. The molecule has 0 bridgehead atoms. The molecule has 0 aliphatic heterocycles. The second kappa shape index (κ2) is 11.1. The van der Waals surface area contributed by atoms with Gasteiger partial charge in [0.1, 0.15) is 11.4 Å². The predicted octanol–water partition coefficient (Wildman–Crippen LogP) is 6.56. The molecule has 3 heteroatoms. The van der Waals surface area contributed by atoms with Gasteiger partial charge in [-0.3, -0.25) is 0 Å². The van der Waals surface area contributed by atoms with E-state index >= 15 is 0 Å². The van der Waals surface area contributed by atoms with E-state index in [0.717, 1.165) is 43.2 Å². The predicted molar refractivity (Wildman–Crippen MR) is 120 cm³/mol. The molecule has 0 amide bonds. The molecule has 0 aromatic heterocycles. The zero-order valence-corrected chi connectivity index (χ0v) is 17.1. The molecule has 2 aromatic rings. The summed E-state index contributed by atoms with van der Waals surface area (Å²) in [6, 6.07) is 16.8. The van der Waals surface area contributed by atoms with Crippen LogP contribution in [0, 0.1) is 0 Å². The maximum Gasteiger partial charge on any atom is 0.338 e. The standard InChI is InChI=1S/C18H22O2.C8H8O/c1-3-18(13-7-8-14-18)20-17(19)15(2)11-12-16-9-5-4-6-10-16;1-2-7-3-5-8(9)6-4-7/h4-6,9-12H,2-3,7-8,13-14H2,1H3;2-6,9H,1H2. The molecule has 29 heavy (non-hydrogen) atoms. The van der Waals surface area contributed by atoms with E-state index in [9.17, 15) is 4.79 Å². The van der Waals surface area contributed by atoms with Gasteiger partial charge in [-0.05, 0) is 61.4 Å². The van der Waals surface area contributed by atoms with Crippen molar-refractivity contribution >= 4 is 18.1 Å². The third-order valence-corrected chi connectivity index (χ3v) is 5.14. The Bertz CT molecular complexity index is 826. The fourth-order valence-electron chi connectivity index (χ4n) is 3.25. The summed E-state index contributed by atoms with van der Waals surface area (Å²) in [6.07, 6.45) is 10.5. The summed E-state index contributed by atoms with van der Waals surface area (Å²) < 4.78 is 5.71. The minimum Gasteiger partial charge on any atom is -0.508 e. The molecule has 1 saturated carbocycles. The minimum absolute atomic E-state index is 0.249. The van der Waals surface area contributed by atoms with Crippen molar-refractivity contribution in [2.45, 2.75) is 44.6 Å². The van der Waals surface area contributed by atoms with Crippen LogP contribution >= 0.6 is 0 Å². The molecule has 3 rings (SSSR count). The number of hydrogen-bond donors (Lipinski definition) is 1. The molecule has 0 radical (unpaired) electrons. The van der Waals surface area contributed by atoms with Gasteiger partial charge in [0.05, 0.1) is 5.57 Å². The van der Waals surface area contributed by atoms with Crippen molar-refractivity contribution in [3.8, 4) is 5.75 Å². The first-order chi connectivity index (χ1) is 14.0. The smallest absolute Gasteiger partial charge is 0.338 e. The van der Waals surface area contributed by atoms with Crippen molar-refractivity contribution in [2.24, 2.45) is 0 Å². The number of hydrogen-bond acceptors (Lipinski definition) is 3. The van der Waals surface area contributed by atoms with Gasteiger partial charge in [-0.2, -0.15) is 0 Å². The molecule has 3 nitrogen and oxygen atoms in total. The number of phenols is 1. The normalized spacial score (nSPS) is 14.7. The highest BCUT2D eigenvalue weighted by Crippen LogP contribution is 2.36. The fourth-order valence-corrected chi connectivity index (χ4v) is 3.25. The SMILES string of the molecule is C=C(C=Cc1ccccc1)C(=O)OC1(CC)CCCC1.C=Cc1ccc(O)cc1. The summed E-state index contributed by atoms with van der Waals surface area (Å²) in [5, 5.41) is 8.82. The van der Waals surface area contributed by atoms with Gasteiger partial charge in [0.15, 0.2) is 0 Å². The molecule has 1 aliphatic carbocycles. The van der Waals surface area contributed by atoms with Gasteiger partial charge in [-0.1, -0.05) is 74.7 Å². The van der Waals surface area contributed by atoms with Gasteiger partial charge in [0.2, 0.25) is 0 Å². The van der Waals surface area contributed by atoms with Crippen molar-refractivity contribution in [3.63, 3.8) is 0 Å². The van der Waals surface area contributed by atoms with Crippen LogP contribution in [0.25, 0.3) is 12.2 Å². The number of carbonyl (C=O) groups is 1. The van der Waals surface area contributed by atoms with Crippen molar-refractivity contribution in [1.29, 1.82) is 0 Å². The van der Waals surface area contributed by atoms with Crippen LogP contribution in [0.2, 0.25) is 0 Å². The summed E-state index contributed by atoms with van der Waals surface area (Å²) in [5.41, 5.74) is 2.23. The van der Waals surface area contributed by atoms with Crippen LogP contribution < -0.4 is 0 Å². The van der Waals surface area contributed by atoms with E-state index in [4.69, 9.17) is 9.84 Å². The van der Waals surface area contributed by atoms with Gasteiger partial charge >= 0.3 is 5.97 Å². The maximum atomic E-state index is 12.1. The van der Waals surface area contributed by atoms with E-state index in [1.807, 2.05) is 48.5 Å². The van der Waals surface area contributed by atoms with E-state index < -0.39 is 0 Å². The largest absolute Gasteiger partial charge is 0.508 e. The molecule has 2 aromatic carbocycles. The highest BCUT2D eigenvalue weighted by atomic mass is 16.6. The van der Waals surface area contributed by atoms with Crippen LogP contribution in [0.4, 0.5) is 0 Å². The van der Waals surface area contributed by atoms with Crippen LogP contribution in [-0.4, -0.2) is 16.7 Å². The lowest BCUT2D eigenvalue weighted by Crippen LogP contribution is -2.31. The van der Waals surface area contributed by atoms with Gasteiger partial charge in [0.25, 0.3) is 0 Å². The second-order valence-corrected chi connectivity index (χ2v) is 7.20. The monoisotopic (exact) mass is 390 g/mol. The van der Waals surface area contributed by atoms with Gasteiger partial charge in [-0.25, -0.2) is 4.79 Å². The quantitative estimate of drug-likeness (QED) is 0.345. The Balaban J connectivity index is 0.000000278. The molecule has 0 heterocycles. The Hall–Kier alpha value is -3.07. The Morgan fingerprint density at radius 1 is 1.07 bits per heavy atom. The topological polar surface area (TPSA) is 46.5 Å². The van der Waals surface area contributed by atoms with Crippen LogP contribution in [0.5, 0.6) is 5.75 Å². The summed E-state index contributed by atoms with van der Waals surface area (Å²) in [4.78, 5) is 12.1. The summed E-state index contributed by atoms with van der Waals surface area (Å²) in [6.45, 7) is 9.48. The molecule has 152 valence electrons. The Morgan fingerprint density at radius 3 is 2.24 bits per heavy atom. The van der Waals surface area contributed by atoms with E-state index in [-0.39, 0.29) is 11.6 Å². The highest BCUT2D eigenvalue weighted by molar-refractivity contribution is 5.92. The molecule has 0 unspecified atom stereocenters. The molecule has 0 saturated heterocycles. The average Bonchev–Trinajstić information content (AvgIpc) is 3.22. The number of aromatic hydroxyl groups is 1. The Morgan fingerprint density at radius 2 is 1.69 bits per heavy atom. The molecular weight excluding hydrogens is 360 g/mol. The van der Waals surface area contributed by atoms with E-state index in [1.165, 1.54) is 0 Å². The number of rotatable bonds is 6. The van der Waals surface area contributed by atoms with Gasteiger partial charge in [-0.15, -0.1) is 0 Å². The molecule has 1 N–H and O–H groups in total. The van der Waals surface area contributed by atoms with Crippen LogP contribution in [0.3, 0.4) is 0 Å². The zero-order valence-electron chi connectivity index (χ0n) is 17.1. The number of carbonyl (C=O) groups excluding carboxylic acids is 1. The Kier molecular flexibility index (Phi) is 8.47. The summed E-state index contributed by atoms with van der Waals surface area (Å²) >= 11 is 0. The molecule has 1 aliphatic rings. The average molecular weight is 391 g/mol. The van der Waals surface area contributed by atoms with E-state index in [1.54, 1.807) is 24.3 Å². The van der Waals surface area contributed by atoms with Gasteiger partial charge in [0, 0.05) is 0 Å².